The van der Waals surface area contributed by atoms with Crippen LogP contribution >= 0.6 is 27.7 Å². The SMILES string of the molecule is N/N=C(/SCC(=O)c1ccc(Br)cc1)N(N)c1ccc(C(=O)O)cc1. The topological polar surface area (TPSA) is 122 Å². The minimum absolute atomic E-state index is 0.0896. The molecule has 0 aliphatic heterocycles. The predicted molar refractivity (Wildman–Crippen MR) is 103 cm³/mol. The molecule has 7 nitrogen and oxygen atoms in total. The Bertz CT molecular complexity index is 794. The largest absolute Gasteiger partial charge is 0.478 e. The molecule has 9 heteroatoms. The van der Waals surface area contributed by atoms with E-state index in [0.717, 1.165) is 16.2 Å². The summed E-state index contributed by atoms with van der Waals surface area (Å²) in [6.07, 6.45) is 0. The minimum Gasteiger partial charge on any atom is -0.478 e. The van der Waals surface area contributed by atoms with E-state index in [1.807, 2.05) is 0 Å². The number of hydrogen-bond acceptors (Lipinski definition) is 6. The summed E-state index contributed by atoms with van der Waals surface area (Å²) >= 11 is 4.41. The van der Waals surface area contributed by atoms with Gasteiger partial charge in [0, 0.05) is 10.0 Å². The summed E-state index contributed by atoms with van der Waals surface area (Å²) in [5, 5.41) is 13.9. The molecule has 0 radical (unpaired) electrons. The van der Waals surface area contributed by atoms with Crippen molar-refractivity contribution in [3.63, 3.8) is 0 Å². The van der Waals surface area contributed by atoms with Gasteiger partial charge in [-0.1, -0.05) is 39.8 Å². The third kappa shape index (κ3) is 5.05. The van der Waals surface area contributed by atoms with E-state index in [-0.39, 0.29) is 22.3 Å². The Balaban J connectivity index is 2.02. The summed E-state index contributed by atoms with van der Waals surface area (Å²) < 4.78 is 0.888. The molecule has 0 aromatic heterocycles. The number of thioether (sulfide) groups is 1. The number of hydrogen-bond donors (Lipinski definition) is 3. The highest BCUT2D eigenvalue weighted by atomic mass is 79.9. The molecule has 0 aliphatic rings. The molecule has 2 aromatic rings. The van der Waals surface area contributed by atoms with Crippen LogP contribution in [0.15, 0.2) is 58.1 Å². The highest BCUT2D eigenvalue weighted by Gasteiger charge is 2.15. The number of hydrazone groups is 1. The first-order chi connectivity index (χ1) is 11.9. The maximum absolute atomic E-state index is 12.2. The Morgan fingerprint density at radius 2 is 1.64 bits per heavy atom. The third-order valence-electron chi connectivity index (χ3n) is 3.21. The van der Waals surface area contributed by atoms with Gasteiger partial charge in [-0.15, -0.1) is 0 Å². The van der Waals surface area contributed by atoms with Gasteiger partial charge in [-0.25, -0.2) is 10.6 Å². The van der Waals surface area contributed by atoms with Crippen LogP contribution in [0.5, 0.6) is 0 Å². The fourth-order valence-electron chi connectivity index (χ4n) is 1.89. The first-order valence-electron chi connectivity index (χ1n) is 7.00. The normalized spacial score (nSPS) is 11.2. The number of carbonyl (C=O) groups is 2. The number of hydrazine groups is 1. The maximum Gasteiger partial charge on any atom is 0.335 e. The summed E-state index contributed by atoms with van der Waals surface area (Å²) in [7, 11) is 0. The standard InChI is InChI=1S/C16H15BrN4O3S/c17-12-5-1-10(2-6-12)14(22)9-25-16(20-18)21(19)13-7-3-11(4-8-13)15(23)24/h1-8H,9,18-19H2,(H,23,24)/b20-16+. The molecule has 2 rings (SSSR count). The van der Waals surface area contributed by atoms with E-state index in [1.165, 1.54) is 29.3 Å². The van der Waals surface area contributed by atoms with Gasteiger partial charge in [-0.05, 0) is 36.4 Å². The molecule has 25 heavy (non-hydrogen) atoms. The van der Waals surface area contributed by atoms with Crippen molar-refractivity contribution in [2.24, 2.45) is 16.8 Å². The smallest absolute Gasteiger partial charge is 0.335 e. The highest BCUT2D eigenvalue weighted by molar-refractivity contribution is 9.10. The molecule has 5 N–H and O–H groups in total. The molecule has 0 aliphatic carbocycles. The number of ketones is 1. The van der Waals surface area contributed by atoms with Gasteiger partial charge in [-0.2, -0.15) is 5.10 Å². The van der Waals surface area contributed by atoms with Gasteiger partial charge in [0.15, 0.2) is 5.78 Å². The summed E-state index contributed by atoms with van der Waals surface area (Å²) in [4.78, 5) is 23.1. The van der Waals surface area contributed by atoms with Gasteiger partial charge >= 0.3 is 5.97 Å². The number of nitrogens with zero attached hydrogens (tertiary/aromatic N) is 2. The number of amidine groups is 1. The van der Waals surface area contributed by atoms with E-state index in [9.17, 15) is 9.59 Å². The number of halogens is 1. The van der Waals surface area contributed by atoms with Crippen LogP contribution in [0.3, 0.4) is 0 Å². The zero-order valence-corrected chi connectivity index (χ0v) is 15.3. The maximum atomic E-state index is 12.2. The van der Waals surface area contributed by atoms with E-state index in [2.05, 4.69) is 21.0 Å². The summed E-state index contributed by atoms with van der Waals surface area (Å²) in [6, 6.07) is 12.9. The highest BCUT2D eigenvalue weighted by Crippen LogP contribution is 2.19. The summed E-state index contributed by atoms with van der Waals surface area (Å²) in [5.41, 5.74) is 1.21. The Hall–Kier alpha value is -2.36. The number of aromatic carboxylic acids is 1. The molecule has 0 amide bonds. The fraction of sp³-hybridized carbons (Fsp3) is 0.0625. The van der Waals surface area contributed by atoms with Crippen molar-refractivity contribution >= 4 is 50.3 Å². The Kier molecular flexibility index (Phi) is 6.57. The number of carbonyl (C=O) groups excluding carboxylic acids is 1. The lowest BCUT2D eigenvalue weighted by Crippen LogP contribution is -2.37. The van der Waals surface area contributed by atoms with Gasteiger partial charge in [0.1, 0.15) is 0 Å². The number of carboxylic acids is 1. The molecule has 130 valence electrons. The van der Waals surface area contributed by atoms with Crippen LogP contribution in [0.1, 0.15) is 20.7 Å². The lowest BCUT2D eigenvalue weighted by molar-refractivity contribution is 0.0696. The first-order valence-corrected chi connectivity index (χ1v) is 8.78. The van der Waals surface area contributed by atoms with Crippen molar-refractivity contribution in [3.8, 4) is 0 Å². The molecular formula is C16H15BrN4O3S. The van der Waals surface area contributed by atoms with E-state index in [0.29, 0.717) is 11.3 Å². The third-order valence-corrected chi connectivity index (χ3v) is 4.70. The van der Waals surface area contributed by atoms with E-state index < -0.39 is 5.97 Å². The molecular weight excluding hydrogens is 408 g/mol. The fourth-order valence-corrected chi connectivity index (χ4v) is 2.90. The van der Waals surface area contributed by atoms with Crippen LogP contribution < -0.4 is 16.7 Å². The Labute approximate surface area is 156 Å². The molecule has 0 saturated carbocycles. The van der Waals surface area contributed by atoms with E-state index in [1.54, 1.807) is 24.3 Å². The van der Waals surface area contributed by atoms with Gasteiger partial charge in [0.25, 0.3) is 0 Å². The average molecular weight is 423 g/mol. The van der Waals surface area contributed by atoms with Crippen LogP contribution in [-0.4, -0.2) is 27.8 Å². The molecule has 0 unspecified atom stereocenters. The van der Waals surface area contributed by atoms with E-state index >= 15 is 0 Å². The molecule has 0 saturated heterocycles. The number of anilines is 1. The molecule has 0 bridgehead atoms. The van der Waals surface area contributed by atoms with Crippen molar-refractivity contribution in [3.05, 3.63) is 64.1 Å². The monoisotopic (exact) mass is 422 g/mol. The van der Waals surface area contributed by atoms with Gasteiger partial charge in [0.05, 0.1) is 17.0 Å². The van der Waals surface area contributed by atoms with Gasteiger partial charge in [-0.3, -0.25) is 9.80 Å². The summed E-state index contributed by atoms with van der Waals surface area (Å²) in [5.74, 6) is 10.3. The van der Waals surface area contributed by atoms with Crippen molar-refractivity contribution in [2.75, 3.05) is 10.8 Å². The number of rotatable bonds is 5. The number of carboxylic acid groups (broad SMARTS) is 1. The lowest BCUT2D eigenvalue weighted by Gasteiger charge is -2.19. The number of benzene rings is 2. The summed E-state index contributed by atoms with van der Waals surface area (Å²) in [6.45, 7) is 0. The van der Waals surface area contributed by atoms with Crippen molar-refractivity contribution in [2.45, 2.75) is 0 Å². The zero-order chi connectivity index (χ0) is 18.4. The Morgan fingerprint density at radius 1 is 1.08 bits per heavy atom. The minimum atomic E-state index is -1.03. The number of Topliss-reactive ketones (excluding diaryl/α,β-unsaturated/α-hetero) is 1. The van der Waals surface area contributed by atoms with Crippen LogP contribution in [0, 0.1) is 0 Å². The average Bonchev–Trinajstić information content (AvgIpc) is 2.62. The predicted octanol–water partition coefficient (Wildman–Crippen LogP) is 2.67. The molecule has 0 atom stereocenters. The second-order valence-electron chi connectivity index (χ2n) is 4.85. The second-order valence-corrected chi connectivity index (χ2v) is 6.71. The zero-order valence-electron chi connectivity index (χ0n) is 12.9. The van der Waals surface area contributed by atoms with Gasteiger partial charge in [0.2, 0.25) is 5.17 Å². The second kappa shape index (κ2) is 8.65. The lowest BCUT2D eigenvalue weighted by atomic mass is 10.2. The Morgan fingerprint density at radius 3 is 2.16 bits per heavy atom. The van der Waals surface area contributed by atoms with Crippen LogP contribution in [0.25, 0.3) is 0 Å². The number of nitrogens with two attached hydrogens (primary N) is 2. The van der Waals surface area contributed by atoms with Crippen molar-refractivity contribution in [1.29, 1.82) is 0 Å². The molecule has 0 spiro atoms. The molecule has 2 aromatic carbocycles. The van der Waals surface area contributed by atoms with Gasteiger partial charge < -0.3 is 10.9 Å². The van der Waals surface area contributed by atoms with Crippen LogP contribution in [0.4, 0.5) is 5.69 Å². The van der Waals surface area contributed by atoms with Crippen LogP contribution in [-0.2, 0) is 0 Å². The van der Waals surface area contributed by atoms with Crippen molar-refractivity contribution < 1.29 is 14.7 Å². The molecule has 0 fully saturated rings. The van der Waals surface area contributed by atoms with Crippen LogP contribution in [0.2, 0.25) is 0 Å². The molecule has 0 heterocycles. The van der Waals surface area contributed by atoms with E-state index in [4.69, 9.17) is 16.8 Å². The quantitative estimate of drug-likeness (QED) is 0.222. The first kappa shape index (κ1) is 19.0. The van der Waals surface area contributed by atoms with Crippen molar-refractivity contribution in [1.82, 2.24) is 0 Å².